The summed E-state index contributed by atoms with van der Waals surface area (Å²) in [6.45, 7) is 3.30. The van der Waals surface area contributed by atoms with Crippen molar-refractivity contribution in [2.45, 2.75) is 32.7 Å². The minimum Gasteiger partial charge on any atom is -0.480 e. The van der Waals surface area contributed by atoms with Crippen molar-refractivity contribution in [3.63, 3.8) is 0 Å². The van der Waals surface area contributed by atoms with Crippen LogP contribution >= 0.6 is 0 Å². The number of carboxylic acids is 1. The van der Waals surface area contributed by atoms with Crippen LogP contribution in [0.1, 0.15) is 35.7 Å². The number of carboxylic acid groups (broad SMARTS) is 1. The molecule has 102 valence electrons. The second kappa shape index (κ2) is 6.68. The van der Waals surface area contributed by atoms with Crippen molar-refractivity contribution in [2.24, 2.45) is 0 Å². The number of Topliss-reactive ketones (excluding diaryl/α,β-unsaturated/α-hetero) is 1. The Morgan fingerprint density at radius 2 is 1.74 bits per heavy atom. The van der Waals surface area contributed by atoms with Crippen LogP contribution in [0.5, 0.6) is 0 Å². The van der Waals surface area contributed by atoms with Gasteiger partial charge in [0.1, 0.15) is 6.04 Å². The van der Waals surface area contributed by atoms with Crippen molar-refractivity contribution in [1.82, 2.24) is 5.32 Å². The van der Waals surface area contributed by atoms with E-state index in [0.717, 1.165) is 5.56 Å². The zero-order valence-corrected chi connectivity index (χ0v) is 11.0. The number of hydrogen-bond donors (Lipinski definition) is 2. The predicted octanol–water partition coefficient (Wildman–Crippen LogP) is 1.55. The van der Waals surface area contributed by atoms with Crippen molar-refractivity contribution in [3.8, 4) is 0 Å². The van der Waals surface area contributed by atoms with E-state index < -0.39 is 17.9 Å². The van der Waals surface area contributed by atoms with Crippen LogP contribution in [-0.2, 0) is 9.59 Å². The molecule has 0 heterocycles. The first kappa shape index (κ1) is 14.9. The summed E-state index contributed by atoms with van der Waals surface area (Å²) < 4.78 is 0. The highest BCUT2D eigenvalue weighted by atomic mass is 16.4. The Morgan fingerprint density at radius 3 is 2.26 bits per heavy atom. The molecule has 0 spiro atoms. The van der Waals surface area contributed by atoms with Gasteiger partial charge < -0.3 is 10.4 Å². The van der Waals surface area contributed by atoms with Gasteiger partial charge in [-0.2, -0.15) is 0 Å². The molecular weight excluding hydrogens is 246 g/mol. The monoisotopic (exact) mass is 263 g/mol. The largest absolute Gasteiger partial charge is 0.480 e. The molecule has 0 saturated carbocycles. The van der Waals surface area contributed by atoms with Crippen LogP contribution in [0.25, 0.3) is 0 Å². The Labute approximate surface area is 111 Å². The van der Waals surface area contributed by atoms with Gasteiger partial charge in [0.15, 0.2) is 5.78 Å². The number of nitrogens with one attached hydrogen (secondary N) is 1. The molecule has 0 bridgehead atoms. The highest BCUT2D eigenvalue weighted by molar-refractivity contribution is 5.98. The fourth-order valence-electron chi connectivity index (χ4n) is 1.49. The van der Waals surface area contributed by atoms with Gasteiger partial charge in [-0.05, 0) is 13.8 Å². The smallest absolute Gasteiger partial charge is 0.325 e. The summed E-state index contributed by atoms with van der Waals surface area (Å²) in [5.74, 6) is -1.66. The number of aliphatic carboxylic acids is 1. The highest BCUT2D eigenvalue weighted by Gasteiger charge is 2.15. The Balaban J connectivity index is 2.44. The first-order chi connectivity index (χ1) is 8.90. The number of rotatable bonds is 6. The first-order valence-corrected chi connectivity index (χ1v) is 6.02. The Kier molecular flexibility index (Phi) is 5.23. The van der Waals surface area contributed by atoms with Crippen LogP contribution in [0.2, 0.25) is 0 Å². The Morgan fingerprint density at radius 1 is 1.16 bits per heavy atom. The molecule has 1 amide bonds. The molecule has 5 nitrogen and oxygen atoms in total. The molecule has 0 radical (unpaired) electrons. The van der Waals surface area contributed by atoms with Crippen molar-refractivity contribution in [1.29, 1.82) is 0 Å². The van der Waals surface area contributed by atoms with Gasteiger partial charge in [0.25, 0.3) is 0 Å². The van der Waals surface area contributed by atoms with Crippen LogP contribution in [0.4, 0.5) is 0 Å². The second-order valence-electron chi connectivity index (χ2n) is 4.42. The number of aryl methyl sites for hydroxylation is 1. The van der Waals surface area contributed by atoms with E-state index in [1.54, 1.807) is 12.1 Å². The third-order valence-corrected chi connectivity index (χ3v) is 2.70. The van der Waals surface area contributed by atoms with Crippen LogP contribution in [0.3, 0.4) is 0 Å². The minimum absolute atomic E-state index is 0.00959. The molecule has 19 heavy (non-hydrogen) atoms. The summed E-state index contributed by atoms with van der Waals surface area (Å²) in [5, 5.41) is 10.9. The molecule has 5 heteroatoms. The van der Waals surface area contributed by atoms with Crippen LogP contribution in [0, 0.1) is 6.92 Å². The fourth-order valence-corrected chi connectivity index (χ4v) is 1.49. The van der Waals surface area contributed by atoms with Gasteiger partial charge in [-0.3, -0.25) is 14.4 Å². The fraction of sp³-hybridized carbons (Fsp3) is 0.357. The summed E-state index contributed by atoms with van der Waals surface area (Å²) in [6.07, 6.45) is 0.0611. The van der Waals surface area contributed by atoms with Crippen molar-refractivity contribution in [2.75, 3.05) is 0 Å². The summed E-state index contributed by atoms with van der Waals surface area (Å²) in [6, 6.07) is 6.16. The number of carbonyl (C=O) groups excluding carboxylic acids is 2. The third kappa shape index (κ3) is 4.91. The lowest BCUT2D eigenvalue weighted by molar-refractivity contribution is -0.141. The molecule has 0 saturated heterocycles. The maximum absolute atomic E-state index is 11.8. The molecular formula is C14H17NO4. The molecule has 1 aromatic carbocycles. The Hall–Kier alpha value is -2.17. The lowest BCUT2D eigenvalue weighted by Gasteiger charge is -2.08. The van der Waals surface area contributed by atoms with E-state index in [2.05, 4.69) is 5.32 Å². The molecule has 0 unspecified atom stereocenters. The zero-order chi connectivity index (χ0) is 14.4. The summed E-state index contributed by atoms with van der Waals surface area (Å²) in [4.78, 5) is 33.7. The van der Waals surface area contributed by atoms with Gasteiger partial charge in [-0.1, -0.05) is 29.8 Å². The molecule has 0 fully saturated rings. The Bertz CT molecular complexity index is 479. The molecule has 0 aliphatic carbocycles. The molecule has 0 aliphatic rings. The average Bonchev–Trinajstić information content (AvgIpc) is 2.36. The zero-order valence-electron chi connectivity index (χ0n) is 11.0. The molecule has 2 N–H and O–H groups in total. The molecule has 0 aromatic heterocycles. The molecule has 0 aliphatic heterocycles. The molecule has 1 atom stereocenters. The number of benzene rings is 1. The maximum Gasteiger partial charge on any atom is 0.325 e. The van der Waals surface area contributed by atoms with E-state index in [9.17, 15) is 14.4 Å². The van der Waals surface area contributed by atoms with Gasteiger partial charge in [-0.25, -0.2) is 0 Å². The standard InChI is InChI=1S/C14H17NO4/c1-9-3-5-11(6-4-9)12(16)7-8-13(17)15-10(2)14(18)19/h3-6,10H,7-8H2,1-2H3,(H,15,17)(H,18,19)/t10-/m0/s1. The van der Waals surface area contributed by atoms with Crippen molar-refractivity contribution >= 4 is 17.7 Å². The van der Waals surface area contributed by atoms with Gasteiger partial charge in [0.2, 0.25) is 5.91 Å². The van der Waals surface area contributed by atoms with Crippen LogP contribution < -0.4 is 5.32 Å². The lowest BCUT2D eigenvalue weighted by atomic mass is 10.0. The van der Waals surface area contributed by atoms with Gasteiger partial charge in [0, 0.05) is 18.4 Å². The van der Waals surface area contributed by atoms with Crippen molar-refractivity contribution in [3.05, 3.63) is 35.4 Å². The highest BCUT2D eigenvalue weighted by Crippen LogP contribution is 2.07. The number of hydrogen-bond acceptors (Lipinski definition) is 3. The topological polar surface area (TPSA) is 83.5 Å². The first-order valence-electron chi connectivity index (χ1n) is 6.02. The predicted molar refractivity (Wildman–Crippen MR) is 70.0 cm³/mol. The number of amides is 1. The van der Waals surface area contributed by atoms with E-state index in [-0.39, 0.29) is 18.6 Å². The summed E-state index contributed by atoms with van der Waals surface area (Å²) in [7, 11) is 0. The number of carbonyl (C=O) groups is 3. The van der Waals surface area contributed by atoms with E-state index >= 15 is 0 Å². The summed E-state index contributed by atoms with van der Waals surface area (Å²) in [5.41, 5.74) is 1.62. The number of ketones is 1. The van der Waals surface area contributed by atoms with Crippen LogP contribution in [-0.4, -0.2) is 28.8 Å². The second-order valence-corrected chi connectivity index (χ2v) is 4.42. The molecule has 1 aromatic rings. The quantitative estimate of drug-likeness (QED) is 0.763. The van der Waals surface area contributed by atoms with E-state index in [1.165, 1.54) is 6.92 Å². The van der Waals surface area contributed by atoms with Gasteiger partial charge in [-0.15, -0.1) is 0 Å². The van der Waals surface area contributed by atoms with E-state index in [0.29, 0.717) is 5.56 Å². The maximum atomic E-state index is 11.8. The normalized spacial score (nSPS) is 11.7. The van der Waals surface area contributed by atoms with E-state index in [4.69, 9.17) is 5.11 Å². The van der Waals surface area contributed by atoms with Crippen molar-refractivity contribution < 1.29 is 19.5 Å². The average molecular weight is 263 g/mol. The molecule has 1 rings (SSSR count). The lowest BCUT2D eigenvalue weighted by Crippen LogP contribution is -2.38. The third-order valence-electron chi connectivity index (χ3n) is 2.70. The minimum atomic E-state index is -1.10. The SMILES string of the molecule is Cc1ccc(C(=O)CCC(=O)N[C@@H](C)C(=O)O)cc1. The van der Waals surface area contributed by atoms with E-state index in [1.807, 2.05) is 19.1 Å². The van der Waals surface area contributed by atoms with Gasteiger partial charge >= 0.3 is 5.97 Å². The van der Waals surface area contributed by atoms with Crippen LogP contribution in [0.15, 0.2) is 24.3 Å². The van der Waals surface area contributed by atoms with Gasteiger partial charge in [0.05, 0.1) is 0 Å². The summed E-state index contributed by atoms with van der Waals surface area (Å²) >= 11 is 0.